The monoisotopic (exact) mass is 371 g/mol. The summed E-state index contributed by atoms with van der Waals surface area (Å²) >= 11 is 0. The maximum Gasteiger partial charge on any atom is 0.210 e. The highest BCUT2D eigenvalue weighted by atomic mass is 32.2. The lowest BCUT2D eigenvalue weighted by Crippen LogP contribution is -2.14. The number of hydrogen-bond donors (Lipinski definition) is 1. The molecule has 4 rings (SSSR count). The van der Waals surface area contributed by atoms with Crippen molar-refractivity contribution in [2.45, 2.75) is 19.6 Å². The second-order valence-corrected chi connectivity index (χ2v) is 9.44. The topological polar surface area (TPSA) is 80.3 Å². The SMILES string of the molecule is O=S(=O)(c1ccccc1)c1ccc2c(c1)S(=O)(=O)c1ccccc1N2. The van der Waals surface area contributed by atoms with E-state index in [9.17, 15) is 16.8 Å². The first-order valence-corrected chi connectivity index (χ1v) is 10.4. The van der Waals surface area contributed by atoms with Crippen LogP contribution in [0.15, 0.2) is 92.4 Å². The van der Waals surface area contributed by atoms with Crippen molar-refractivity contribution in [1.82, 2.24) is 0 Å². The highest BCUT2D eigenvalue weighted by molar-refractivity contribution is 7.92. The fourth-order valence-corrected chi connectivity index (χ4v) is 5.78. The van der Waals surface area contributed by atoms with Crippen LogP contribution >= 0.6 is 0 Å². The fraction of sp³-hybridized carbons (Fsp3) is 0. The Morgan fingerprint density at radius 3 is 2.08 bits per heavy atom. The van der Waals surface area contributed by atoms with Crippen molar-refractivity contribution >= 4 is 31.0 Å². The van der Waals surface area contributed by atoms with Crippen LogP contribution in [0.2, 0.25) is 0 Å². The van der Waals surface area contributed by atoms with Gasteiger partial charge in [0.2, 0.25) is 19.7 Å². The Balaban J connectivity index is 1.91. The minimum Gasteiger partial charge on any atom is -0.353 e. The van der Waals surface area contributed by atoms with Crippen molar-refractivity contribution in [3.63, 3.8) is 0 Å². The average molecular weight is 371 g/mol. The van der Waals surface area contributed by atoms with Crippen molar-refractivity contribution in [2.24, 2.45) is 0 Å². The summed E-state index contributed by atoms with van der Waals surface area (Å²) in [5.41, 5.74) is 0.847. The third kappa shape index (κ3) is 2.43. The van der Waals surface area contributed by atoms with Gasteiger partial charge in [-0.2, -0.15) is 0 Å². The molecule has 0 amide bonds. The molecule has 126 valence electrons. The van der Waals surface area contributed by atoms with Crippen LogP contribution in [0.3, 0.4) is 0 Å². The van der Waals surface area contributed by atoms with Gasteiger partial charge in [-0.1, -0.05) is 30.3 Å². The summed E-state index contributed by atoms with van der Waals surface area (Å²) in [7, 11) is -7.59. The van der Waals surface area contributed by atoms with Gasteiger partial charge in [-0.3, -0.25) is 0 Å². The van der Waals surface area contributed by atoms with E-state index in [0.717, 1.165) is 0 Å². The first kappa shape index (κ1) is 15.9. The van der Waals surface area contributed by atoms with Gasteiger partial charge in [-0.15, -0.1) is 0 Å². The molecule has 0 saturated carbocycles. The number of hydrogen-bond acceptors (Lipinski definition) is 5. The number of para-hydroxylation sites is 1. The lowest BCUT2D eigenvalue weighted by atomic mass is 10.2. The zero-order valence-electron chi connectivity index (χ0n) is 12.9. The van der Waals surface area contributed by atoms with Crippen molar-refractivity contribution in [2.75, 3.05) is 5.32 Å². The molecule has 0 saturated heterocycles. The van der Waals surface area contributed by atoms with Gasteiger partial charge in [0.1, 0.15) is 0 Å². The number of nitrogens with one attached hydrogen (secondary N) is 1. The summed E-state index contributed by atoms with van der Waals surface area (Å²) in [5.74, 6) is 0. The lowest BCUT2D eigenvalue weighted by Gasteiger charge is -2.22. The van der Waals surface area contributed by atoms with Crippen LogP contribution in [0.5, 0.6) is 0 Å². The van der Waals surface area contributed by atoms with Gasteiger partial charge < -0.3 is 5.32 Å². The zero-order chi connectivity index (χ0) is 17.7. The largest absolute Gasteiger partial charge is 0.353 e. The molecule has 25 heavy (non-hydrogen) atoms. The molecule has 3 aromatic carbocycles. The van der Waals surface area contributed by atoms with Crippen molar-refractivity contribution in [3.05, 3.63) is 72.8 Å². The first-order chi connectivity index (χ1) is 11.9. The van der Waals surface area contributed by atoms with Gasteiger partial charge in [0, 0.05) is 0 Å². The second kappa shape index (κ2) is 5.44. The maximum atomic E-state index is 12.9. The average Bonchev–Trinajstić information content (AvgIpc) is 2.62. The van der Waals surface area contributed by atoms with Crippen molar-refractivity contribution < 1.29 is 16.8 Å². The first-order valence-electron chi connectivity index (χ1n) is 7.46. The molecule has 1 heterocycles. The fourth-order valence-electron chi connectivity index (χ4n) is 2.80. The van der Waals surface area contributed by atoms with Crippen LogP contribution in [0.4, 0.5) is 11.4 Å². The van der Waals surface area contributed by atoms with Gasteiger partial charge in [0.05, 0.1) is 31.0 Å². The summed E-state index contributed by atoms with van der Waals surface area (Å²) < 4.78 is 51.3. The Labute approximate surface area is 145 Å². The molecular weight excluding hydrogens is 358 g/mol. The molecule has 0 atom stereocenters. The highest BCUT2D eigenvalue weighted by Gasteiger charge is 2.31. The summed E-state index contributed by atoms with van der Waals surface area (Å²) in [4.78, 5) is 0.165. The van der Waals surface area contributed by atoms with Crippen LogP contribution in [0, 0.1) is 0 Å². The van der Waals surface area contributed by atoms with Crippen molar-refractivity contribution in [1.29, 1.82) is 0 Å². The third-order valence-electron chi connectivity index (χ3n) is 4.05. The van der Waals surface area contributed by atoms with Crippen LogP contribution in [0.25, 0.3) is 0 Å². The van der Waals surface area contributed by atoms with E-state index >= 15 is 0 Å². The normalized spacial score (nSPS) is 14.9. The van der Waals surface area contributed by atoms with E-state index in [-0.39, 0.29) is 19.6 Å². The third-order valence-corrected chi connectivity index (χ3v) is 7.67. The molecule has 1 N–H and O–H groups in total. The van der Waals surface area contributed by atoms with Gasteiger partial charge in [0.15, 0.2) is 0 Å². The van der Waals surface area contributed by atoms with E-state index in [1.165, 1.54) is 36.4 Å². The molecular formula is C18H13NO4S2. The molecule has 0 bridgehead atoms. The molecule has 0 unspecified atom stereocenters. The van der Waals surface area contributed by atoms with E-state index in [1.807, 2.05) is 0 Å². The Morgan fingerprint density at radius 1 is 0.680 bits per heavy atom. The summed E-state index contributed by atoms with van der Waals surface area (Å²) in [6, 6.07) is 18.6. The quantitative estimate of drug-likeness (QED) is 0.584. The number of benzene rings is 3. The summed E-state index contributed by atoms with van der Waals surface area (Å²) in [5, 5.41) is 3.04. The second-order valence-electron chi connectivity index (χ2n) is 5.60. The Bertz CT molecular complexity index is 1180. The van der Waals surface area contributed by atoms with Gasteiger partial charge in [-0.05, 0) is 42.5 Å². The molecule has 1 aliphatic heterocycles. The predicted octanol–water partition coefficient (Wildman–Crippen LogP) is 3.41. The zero-order valence-corrected chi connectivity index (χ0v) is 14.5. The molecule has 0 fully saturated rings. The van der Waals surface area contributed by atoms with Crippen LogP contribution in [-0.4, -0.2) is 16.8 Å². The van der Waals surface area contributed by atoms with Gasteiger partial charge in [-0.25, -0.2) is 16.8 Å². The standard InChI is InChI=1S/C18H13NO4S2/c20-24(21,13-6-2-1-3-7-13)14-10-11-16-18(12-14)25(22,23)17-9-5-4-8-15(17)19-16/h1-12,19H. The highest BCUT2D eigenvalue weighted by Crippen LogP contribution is 2.40. The van der Waals surface area contributed by atoms with E-state index < -0.39 is 19.7 Å². The molecule has 3 aromatic rings. The Hall–Kier alpha value is -2.64. The molecule has 0 aromatic heterocycles. The minimum absolute atomic E-state index is 0.0387. The maximum absolute atomic E-state index is 12.9. The molecule has 7 heteroatoms. The summed E-state index contributed by atoms with van der Waals surface area (Å²) in [6.07, 6.45) is 0. The van der Waals surface area contributed by atoms with Crippen LogP contribution < -0.4 is 5.32 Å². The van der Waals surface area contributed by atoms with Crippen LogP contribution in [-0.2, 0) is 19.7 Å². The van der Waals surface area contributed by atoms with Crippen molar-refractivity contribution in [3.8, 4) is 0 Å². The molecule has 0 radical (unpaired) electrons. The number of rotatable bonds is 2. The smallest absolute Gasteiger partial charge is 0.210 e. The van der Waals surface area contributed by atoms with Crippen LogP contribution in [0.1, 0.15) is 0 Å². The number of anilines is 2. The van der Waals surface area contributed by atoms with Gasteiger partial charge >= 0.3 is 0 Å². The number of sulfone groups is 2. The molecule has 0 spiro atoms. The Morgan fingerprint density at radius 2 is 1.32 bits per heavy atom. The lowest BCUT2D eigenvalue weighted by molar-refractivity contribution is 0.594. The Kier molecular flexibility index (Phi) is 3.45. The van der Waals surface area contributed by atoms with E-state index in [2.05, 4.69) is 5.32 Å². The number of fused-ring (bicyclic) bond motifs is 2. The predicted molar refractivity (Wildman–Crippen MR) is 93.5 cm³/mol. The van der Waals surface area contributed by atoms with E-state index in [0.29, 0.717) is 11.4 Å². The minimum atomic E-state index is -3.79. The molecule has 5 nitrogen and oxygen atoms in total. The van der Waals surface area contributed by atoms with E-state index in [1.54, 1.807) is 36.4 Å². The molecule has 1 aliphatic rings. The molecule has 0 aliphatic carbocycles. The van der Waals surface area contributed by atoms with E-state index in [4.69, 9.17) is 0 Å². The summed E-state index contributed by atoms with van der Waals surface area (Å²) in [6.45, 7) is 0. The van der Waals surface area contributed by atoms with Gasteiger partial charge in [0.25, 0.3) is 0 Å².